The maximum absolute atomic E-state index is 10.8. The van der Waals surface area contributed by atoms with E-state index in [0.29, 0.717) is 13.2 Å². The zero-order chi connectivity index (χ0) is 17.4. The minimum absolute atomic E-state index is 0.0408. The fraction of sp³-hybridized carbons (Fsp3) is 0.389. The van der Waals surface area contributed by atoms with Gasteiger partial charge in [0, 0.05) is 13.1 Å². The Kier molecular flexibility index (Phi) is 6.69. The minimum Gasteiger partial charge on any atom is -0.492 e. The molecule has 1 aromatic heterocycles. The van der Waals surface area contributed by atoms with Crippen LogP contribution in [0.15, 0.2) is 36.7 Å². The summed E-state index contributed by atoms with van der Waals surface area (Å²) in [7, 11) is 0. The topological polar surface area (TPSA) is 75.5 Å². The predicted molar refractivity (Wildman–Crippen MR) is 91.3 cm³/mol. The summed E-state index contributed by atoms with van der Waals surface area (Å²) in [6.07, 6.45) is 3.79. The second kappa shape index (κ2) is 8.98. The Morgan fingerprint density at radius 2 is 2.08 bits per heavy atom. The van der Waals surface area contributed by atoms with E-state index in [9.17, 15) is 4.79 Å². The molecule has 0 fully saturated rings. The maximum atomic E-state index is 10.8. The van der Waals surface area contributed by atoms with Crippen LogP contribution in [0.25, 0.3) is 0 Å². The Labute approximate surface area is 142 Å². The average molecular weight is 329 g/mol. The summed E-state index contributed by atoms with van der Waals surface area (Å²) in [5.74, 6) is -0.180. The predicted octanol–water partition coefficient (Wildman–Crippen LogP) is 2.64. The molecule has 0 aliphatic heterocycles. The molecule has 0 unspecified atom stereocenters. The molecule has 0 spiro atoms. The van der Waals surface area contributed by atoms with E-state index < -0.39 is 5.97 Å². The standard InChI is InChI=1S/C18H23N3O3/c1-3-14-6-5-7-16(10-14)24-9-8-21(4-2)13-15-11-20-17(12-19-15)18(22)23/h5-7,10-12H,3-4,8-9,13H2,1-2H3,(H,22,23). The number of rotatable bonds is 9. The molecule has 0 aliphatic rings. The van der Waals surface area contributed by atoms with Crippen molar-refractivity contribution in [2.24, 2.45) is 0 Å². The quantitative estimate of drug-likeness (QED) is 0.762. The number of hydrogen-bond donors (Lipinski definition) is 1. The van der Waals surface area contributed by atoms with E-state index in [4.69, 9.17) is 9.84 Å². The number of aromatic nitrogens is 2. The molecule has 0 radical (unpaired) electrons. The van der Waals surface area contributed by atoms with Crippen molar-refractivity contribution in [1.82, 2.24) is 14.9 Å². The fourth-order valence-corrected chi connectivity index (χ4v) is 2.27. The first-order valence-electron chi connectivity index (χ1n) is 8.10. The highest BCUT2D eigenvalue weighted by molar-refractivity contribution is 5.84. The molecular weight excluding hydrogens is 306 g/mol. The number of carbonyl (C=O) groups is 1. The first kappa shape index (κ1) is 17.9. The molecule has 0 saturated heterocycles. The molecule has 0 aliphatic carbocycles. The normalized spacial score (nSPS) is 10.8. The summed E-state index contributed by atoms with van der Waals surface area (Å²) in [4.78, 5) is 21.0. The van der Waals surface area contributed by atoms with Gasteiger partial charge in [-0.15, -0.1) is 0 Å². The summed E-state index contributed by atoms with van der Waals surface area (Å²) < 4.78 is 5.81. The van der Waals surface area contributed by atoms with Crippen LogP contribution in [-0.4, -0.2) is 45.6 Å². The third-order valence-corrected chi connectivity index (χ3v) is 3.74. The van der Waals surface area contributed by atoms with Gasteiger partial charge in [-0.25, -0.2) is 9.78 Å². The summed E-state index contributed by atoms with van der Waals surface area (Å²) in [6, 6.07) is 8.12. The van der Waals surface area contributed by atoms with Gasteiger partial charge >= 0.3 is 5.97 Å². The van der Waals surface area contributed by atoms with E-state index in [1.165, 1.54) is 18.0 Å². The van der Waals surface area contributed by atoms with Gasteiger partial charge in [-0.05, 0) is 30.7 Å². The first-order valence-corrected chi connectivity index (χ1v) is 8.10. The van der Waals surface area contributed by atoms with Gasteiger partial charge in [0.2, 0.25) is 0 Å². The molecular formula is C18H23N3O3. The van der Waals surface area contributed by atoms with E-state index in [1.807, 2.05) is 12.1 Å². The molecule has 0 atom stereocenters. The van der Waals surface area contributed by atoms with Crippen LogP contribution in [0.2, 0.25) is 0 Å². The van der Waals surface area contributed by atoms with Gasteiger partial charge in [0.05, 0.1) is 18.1 Å². The molecule has 128 valence electrons. The van der Waals surface area contributed by atoms with Crippen molar-refractivity contribution in [3.05, 3.63) is 53.6 Å². The number of nitrogens with zero attached hydrogens (tertiary/aromatic N) is 3. The van der Waals surface area contributed by atoms with Crippen molar-refractivity contribution < 1.29 is 14.6 Å². The molecule has 0 amide bonds. The number of benzene rings is 1. The van der Waals surface area contributed by atoms with Crippen LogP contribution < -0.4 is 4.74 Å². The second-order valence-electron chi connectivity index (χ2n) is 5.42. The number of carboxylic acids is 1. The van der Waals surface area contributed by atoms with Crippen LogP contribution in [-0.2, 0) is 13.0 Å². The van der Waals surface area contributed by atoms with Gasteiger partial charge in [-0.2, -0.15) is 0 Å². The number of aromatic carboxylic acids is 1. The lowest BCUT2D eigenvalue weighted by molar-refractivity contribution is 0.0690. The Morgan fingerprint density at radius 3 is 2.71 bits per heavy atom. The van der Waals surface area contributed by atoms with Gasteiger partial charge in [0.15, 0.2) is 5.69 Å². The number of ether oxygens (including phenoxy) is 1. The molecule has 6 nitrogen and oxygen atoms in total. The van der Waals surface area contributed by atoms with Crippen LogP contribution in [0.1, 0.15) is 35.6 Å². The van der Waals surface area contributed by atoms with Crippen molar-refractivity contribution in [2.75, 3.05) is 19.7 Å². The summed E-state index contributed by atoms with van der Waals surface area (Å²) in [5, 5.41) is 8.84. The number of hydrogen-bond acceptors (Lipinski definition) is 5. The summed E-state index contributed by atoms with van der Waals surface area (Å²) >= 11 is 0. The van der Waals surface area contributed by atoms with Crippen LogP contribution >= 0.6 is 0 Å². The zero-order valence-electron chi connectivity index (χ0n) is 14.1. The first-order chi connectivity index (χ1) is 11.6. The second-order valence-corrected chi connectivity index (χ2v) is 5.42. The third-order valence-electron chi connectivity index (χ3n) is 3.74. The van der Waals surface area contributed by atoms with Gasteiger partial charge in [0.1, 0.15) is 12.4 Å². The zero-order valence-corrected chi connectivity index (χ0v) is 14.1. The number of likely N-dealkylation sites (N-methyl/N-ethyl adjacent to an activating group) is 1. The fourth-order valence-electron chi connectivity index (χ4n) is 2.27. The van der Waals surface area contributed by atoms with Crippen molar-refractivity contribution in [1.29, 1.82) is 0 Å². The van der Waals surface area contributed by atoms with Crippen LogP contribution in [0.3, 0.4) is 0 Å². The summed E-state index contributed by atoms with van der Waals surface area (Å²) in [5.41, 5.74) is 1.96. The molecule has 1 N–H and O–H groups in total. The maximum Gasteiger partial charge on any atom is 0.356 e. The molecule has 2 aromatic rings. The lowest BCUT2D eigenvalue weighted by Crippen LogP contribution is -2.28. The third kappa shape index (κ3) is 5.31. The van der Waals surface area contributed by atoms with Gasteiger partial charge in [0.25, 0.3) is 0 Å². The monoisotopic (exact) mass is 329 g/mol. The Hall–Kier alpha value is -2.47. The van der Waals surface area contributed by atoms with Crippen molar-refractivity contribution >= 4 is 5.97 Å². The molecule has 0 saturated carbocycles. The van der Waals surface area contributed by atoms with Gasteiger partial charge in [-0.3, -0.25) is 9.88 Å². The highest BCUT2D eigenvalue weighted by Gasteiger charge is 2.08. The lowest BCUT2D eigenvalue weighted by Gasteiger charge is -2.20. The largest absolute Gasteiger partial charge is 0.492 e. The molecule has 6 heteroatoms. The molecule has 2 rings (SSSR count). The van der Waals surface area contributed by atoms with Crippen LogP contribution in [0, 0.1) is 0 Å². The Morgan fingerprint density at radius 1 is 1.25 bits per heavy atom. The lowest BCUT2D eigenvalue weighted by atomic mass is 10.2. The molecule has 1 aromatic carbocycles. The Bertz CT molecular complexity index is 659. The molecule has 24 heavy (non-hydrogen) atoms. The molecule has 1 heterocycles. The average Bonchev–Trinajstić information content (AvgIpc) is 2.61. The van der Waals surface area contributed by atoms with Gasteiger partial charge < -0.3 is 9.84 Å². The highest BCUT2D eigenvalue weighted by atomic mass is 16.5. The van der Waals surface area contributed by atoms with E-state index in [-0.39, 0.29) is 5.69 Å². The minimum atomic E-state index is -1.07. The van der Waals surface area contributed by atoms with Crippen LogP contribution in [0.5, 0.6) is 5.75 Å². The van der Waals surface area contributed by atoms with Crippen LogP contribution in [0.4, 0.5) is 0 Å². The van der Waals surface area contributed by atoms with Crippen molar-refractivity contribution in [3.63, 3.8) is 0 Å². The van der Waals surface area contributed by atoms with Crippen molar-refractivity contribution in [3.8, 4) is 5.75 Å². The van der Waals surface area contributed by atoms with Crippen molar-refractivity contribution in [2.45, 2.75) is 26.8 Å². The number of aryl methyl sites for hydroxylation is 1. The van der Waals surface area contributed by atoms with E-state index in [1.54, 1.807) is 0 Å². The van der Waals surface area contributed by atoms with E-state index in [0.717, 1.165) is 31.0 Å². The smallest absolute Gasteiger partial charge is 0.356 e. The number of carboxylic acid groups (broad SMARTS) is 1. The van der Waals surface area contributed by atoms with E-state index in [2.05, 4.69) is 40.8 Å². The molecule has 0 bridgehead atoms. The highest BCUT2D eigenvalue weighted by Crippen LogP contribution is 2.13. The van der Waals surface area contributed by atoms with Gasteiger partial charge in [-0.1, -0.05) is 26.0 Å². The van der Waals surface area contributed by atoms with E-state index >= 15 is 0 Å². The SMILES string of the molecule is CCc1cccc(OCCN(CC)Cc2cnc(C(=O)O)cn2)c1. The Balaban J connectivity index is 1.84. The summed E-state index contributed by atoms with van der Waals surface area (Å²) in [6.45, 7) is 6.99.